The molecule has 0 radical (unpaired) electrons. The van der Waals surface area contributed by atoms with E-state index >= 15 is 0 Å². The smallest absolute Gasteiger partial charge is 0.318 e. The number of carbonyl (C=O) groups excluding carboxylic acids is 1. The Morgan fingerprint density at radius 2 is 1.76 bits per heavy atom. The number of carbonyl (C=O) groups is 1. The van der Waals surface area contributed by atoms with E-state index < -0.39 is 5.54 Å². The van der Waals surface area contributed by atoms with Crippen LogP contribution in [0.3, 0.4) is 0 Å². The molecular formula is C29H33N3O2. The van der Waals surface area contributed by atoms with E-state index in [1.165, 1.54) is 0 Å². The van der Waals surface area contributed by atoms with Crippen LogP contribution in [0.4, 0.5) is 4.79 Å². The minimum absolute atomic E-state index is 0.0344. The number of aryl methyl sites for hydroxylation is 1. The molecule has 4 rings (SSSR count). The molecule has 2 amide bonds. The maximum absolute atomic E-state index is 13.5. The van der Waals surface area contributed by atoms with Crippen molar-refractivity contribution in [2.24, 2.45) is 7.05 Å². The number of aromatic nitrogens is 1. The van der Waals surface area contributed by atoms with E-state index in [1.54, 1.807) is 23.9 Å². The predicted molar refractivity (Wildman–Crippen MR) is 138 cm³/mol. The number of benzene rings is 2. The average Bonchev–Trinajstić information content (AvgIpc) is 2.99. The summed E-state index contributed by atoms with van der Waals surface area (Å²) in [5.74, 6) is 0. The molecule has 1 aliphatic heterocycles. The summed E-state index contributed by atoms with van der Waals surface area (Å²) in [5, 5.41) is 3.38. The molecular weight excluding hydrogens is 422 g/mol. The van der Waals surface area contributed by atoms with Gasteiger partial charge in [-0.3, -0.25) is 4.79 Å². The number of urea groups is 1. The van der Waals surface area contributed by atoms with Crippen LogP contribution in [-0.4, -0.2) is 22.0 Å². The fourth-order valence-electron chi connectivity index (χ4n) is 4.95. The third-order valence-electron chi connectivity index (χ3n) is 6.84. The Hall–Kier alpha value is -3.60. The van der Waals surface area contributed by atoms with Crippen LogP contribution in [-0.2, 0) is 12.6 Å². The van der Waals surface area contributed by atoms with Gasteiger partial charge in [-0.1, -0.05) is 60.2 Å². The Balaban J connectivity index is 1.56. The number of nitrogens with one attached hydrogen (secondary N) is 1. The molecule has 5 nitrogen and oxygen atoms in total. The van der Waals surface area contributed by atoms with E-state index in [2.05, 4.69) is 31.0 Å². The molecule has 0 spiro atoms. The molecule has 0 bridgehead atoms. The van der Waals surface area contributed by atoms with Gasteiger partial charge >= 0.3 is 6.03 Å². The molecule has 176 valence electrons. The van der Waals surface area contributed by atoms with E-state index in [-0.39, 0.29) is 17.6 Å². The van der Waals surface area contributed by atoms with Gasteiger partial charge in [0.1, 0.15) is 0 Å². The zero-order valence-electron chi connectivity index (χ0n) is 20.3. The maximum Gasteiger partial charge on any atom is 0.318 e. The van der Waals surface area contributed by atoms with Crippen LogP contribution < -0.4 is 10.9 Å². The second-order valence-corrected chi connectivity index (χ2v) is 9.47. The summed E-state index contributed by atoms with van der Waals surface area (Å²) < 4.78 is 1.56. The molecule has 2 aromatic carbocycles. The third kappa shape index (κ3) is 4.84. The molecule has 1 aromatic heterocycles. The Bertz CT molecular complexity index is 1230. The first-order valence-corrected chi connectivity index (χ1v) is 11.8. The summed E-state index contributed by atoms with van der Waals surface area (Å²) in [6.07, 6.45) is 4.26. The van der Waals surface area contributed by atoms with E-state index in [0.29, 0.717) is 6.54 Å². The fourth-order valence-corrected chi connectivity index (χ4v) is 4.95. The predicted octanol–water partition coefficient (Wildman–Crippen LogP) is 5.78. The molecule has 1 N–H and O–H groups in total. The van der Waals surface area contributed by atoms with Crippen molar-refractivity contribution in [3.05, 3.63) is 107 Å². The van der Waals surface area contributed by atoms with Crippen LogP contribution in [0.25, 0.3) is 11.1 Å². The molecule has 1 unspecified atom stereocenters. The fraction of sp³-hybridized carbons (Fsp3) is 0.310. The summed E-state index contributed by atoms with van der Waals surface area (Å²) in [4.78, 5) is 27.4. The summed E-state index contributed by atoms with van der Waals surface area (Å²) in [7, 11) is 1.74. The third-order valence-corrected chi connectivity index (χ3v) is 6.84. The van der Waals surface area contributed by atoms with Gasteiger partial charge in [0.15, 0.2) is 0 Å². The lowest BCUT2D eigenvalue weighted by Crippen LogP contribution is -2.49. The van der Waals surface area contributed by atoms with E-state index in [0.717, 1.165) is 47.1 Å². The number of rotatable bonds is 6. The molecule has 3 aromatic rings. The second-order valence-electron chi connectivity index (χ2n) is 9.47. The Morgan fingerprint density at radius 1 is 1.06 bits per heavy atom. The molecule has 0 saturated carbocycles. The Labute approximate surface area is 201 Å². The Kier molecular flexibility index (Phi) is 6.73. The van der Waals surface area contributed by atoms with Crippen LogP contribution in [0.2, 0.25) is 0 Å². The highest BCUT2D eigenvalue weighted by atomic mass is 16.2. The van der Waals surface area contributed by atoms with Crippen molar-refractivity contribution in [2.45, 2.75) is 44.7 Å². The highest BCUT2D eigenvalue weighted by molar-refractivity contribution is 5.76. The van der Waals surface area contributed by atoms with E-state index in [9.17, 15) is 9.59 Å². The highest BCUT2D eigenvalue weighted by Crippen LogP contribution is 2.36. The highest BCUT2D eigenvalue weighted by Gasteiger charge is 2.38. The van der Waals surface area contributed by atoms with Crippen molar-refractivity contribution >= 4 is 6.03 Å². The topological polar surface area (TPSA) is 54.3 Å². The quantitative estimate of drug-likeness (QED) is 0.479. The van der Waals surface area contributed by atoms with Gasteiger partial charge < -0.3 is 14.8 Å². The number of pyridine rings is 1. The number of hydrogen-bond donors (Lipinski definition) is 1. The molecule has 1 saturated heterocycles. The molecule has 34 heavy (non-hydrogen) atoms. The number of nitrogens with zero attached hydrogens (tertiary/aromatic N) is 2. The van der Waals surface area contributed by atoms with Gasteiger partial charge in [-0.2, -0.15) is 0 Å². The minimum atomic E-state index is -0.442. The van der Waals surface area contributed by atoms with Gasteiger partial charge in [-0.25, -0.2) is 4.79 Å². The SMILES string of the molecule is C=C(C)CC1(c2ccccc2)CCCN([C@@H](C)c2ccc(-c3ccn(C)c(=O)c3)cc2)C(=O)N1. The van der Waals surface area contributed by atoms with Gasteiger partial charge in [0.2, 0.25) is 0 Å². The van der Waals surface area contributed by atoms with Crippen LogP contribution in [0.5, 0.6) is 0 Å². The lowest BCUT2D eigenvalue weighted by Gasteiger charge is -2.36. The molecule has 0 aliphatic carbocycles. The van der Waals surface area contributed by atoms with E-state index in [4.69, 9.17) is 0 Å². The standard InChI is InChI=1S/C29H33N3O2/c1-21(2)20-29(26-9-6-5-7-10-26)16-8-17-32(28(34)30-29)22(3)23-11-13-24(14-12-23)25-15-18-31(4)27(33)19-25/h5-7,9-15,18-19,22H,1,8,16-17,20H2,2-4H3,(H,30,34)/t22-,29?/m0/s1. The lowest BCUT2D eigenvalue weighted by atomic mass is 9.81. The van der Waals surface area contributed by atoms with Gasteiger partial charge in [0.25, 0.3) is 5.56 Å². The first kappa shape index (κ1) is 23.6. The molecule has 5 heteroatoms. The van der Waals surface area contributed by atoms with Gasteiger partial charge in [-0.05, 0) is 61.4 Å². The van der Waals surface area contributed by atoms with Crippen molar-refractivity contribution in [1.82, 2.24) is 14.8 Å². The summed E-state index contributed by atoms with van der Waals surface area (Å²) in [5.41, 5.74) is 4.64. The molecule has 1 fully saturated rings. The minimum Gasteiger partial charge on any atom is -0.328 e. The number of hydrogen-bond acceptors (Lipinski definition) is 2. The largest absolute Gasteiger partial charge is 0.328 e. The van der Waals surface area contributed by atoms with Crippen molar-refractivity contribution in [3.8, 4) is 11.1 Å². The maximum atomic E-state index is 13.5. The van der Waals surface area contributed by atoms with Gasteiger partial charge in [0.05, 0.1) is 11.6 Å². The molecule has 1 aliphatic rings. The zero-order chi connectivity index (χ0) is 24.3. The second kappa shape index (κ2) is 9.72. The normalized spacial score (nSPS) is 19.3. The van der Waals surface area contributed by atoms with Crippen molar-refractivity contribution in [3.63, 3.8) is 0 Å². The van der Waals surface area contributed by atoms with Crippen molar-refractivity contribution < 1.29 is 4.79 Å². The van der Waals surface area contributed by atoms with Crippen molar-refractivity contribution in [1.29, 1.82) is 0 Å². The number of amides is 2. The molecule has 2 atom stereocenters. The summed E-state index contributed by atoms with van der Waals surface area (Å²) >= 11 is 0. The average molecular weight is 456 g/mol. The van der Waals surface area contributed by atoms with Crippen LogP contribution >= 0.6 is 0 Å². The van der Waals surface area contributed by atoms with Crippen LogP contribution in [0, 0.1) is 0 Å². The van der Waals surface area contributed by atoms with Crippen LogP contribution in [0.15, 0.2) is 89.9 Å². The Morgan fingerprint density at radius 3 is 2.41 bits per heavy atom. The monoisotopic (exact) mass is 455 g/mol. The zero-order valence-corrected chi connectivity index (χ0v) is 20.3. The lowest BCUT2D eigenvalue weighted by molar-refractivity contribution is 0.177. The summed E-state index contributed by atoms with van der Waals surface area (Å²) in [6, 6.07) is 21.8. The van der Waals surface area contributed by atoms with Gasteiger partial charge in [-0.15, -0.1) is 6.58 Å². The first-order chi connectivity index (χ1) is 16.3. The molecule has 2 heterocycles. The van der Waals surface area contributed by atoms with E-state index in [1.807, 2.05) is 60.4 Å². The van der Waals surface area contributed by atoms with Crippen molar-refractivity contribution in [2.75, 3.05) is 6.54 Å². The first-order valence-electron chi connectivity index (χ1n) is 11.8. The van der Waals surface area contributed by atoms with Crippen LogP contribution in [0.1, 0.15) is 50.3 Å². The summed E-state index contributed by atoms with van der Waals surface area (Å²) in [6.45, 7) is 8.91. The van der Waals surface area contributed by atoms with Gasteiger partial charge in [0, 0.05) is 25.9 Å².